The Morgan fingerprint density at radius 3 is 2.47 bits per heavy atom. The van der Waals surface area contributed by atoms with Gasteiger partial charge in [0.25, 0.3) is 0 Å². The monoisotopic (exact) mass is 257 g/mol. The molecule has 2 aromatic rings. The van der Waals surface area contributed by atoms with Gasteiger partial charge in [-0.25, -0.2) is 0 Å². The van der Waals surface area contributed by atoms with Crippen molar-refractivity contribution in [2.24, 2.45) is 5.92 Å². The van der Waals surface area contributed by atoms with E-state index >= 15 is 0 Å². The fourth-order valence-corrected chi connectivity index (χ4v) is 2.24. The first-order valence-electron chi connectivity index (χ1n) is 7.09. The van der Waals surface area contributed by atoms with E-state index in [0.717, 1.165) is 18.2 Å². The second kappa shape index (κ2) is 7.15. The van der Waals surface area contributed by atoms with Crippen molar-refractivity contribution in [3.8, 4) is 0 Å². The third-order valence-corrected chi connectivity index (χ3v) is 3.27. The molecule has 2 heteroatoms. The number of benzene rings is 1. The minimum Gasteiger partial charge on any atom is -0.467 e. The van der Waals surface area contributed by atoms with Gasteiger partial charge in [0.05, 0.1) is 12.3 Å². The molecule has 0 amide bonds. The highest BCUT2D eigenvalue weighted by molar-refractivity contribution is 5.26. The Balaban J connectivity index is 2.00. The summed E-state index contributed by atoms with van der Waals surface area (Å²) in [6.45, 7) is 5.54. The van der Waals surface area contributed by atoms with Crippen LogP contribution < -0.4 is 5.32 Å². The van der Waals surface area contributed by atoms with Gasteiger partial charge in [-0.2, -0.15) is 0 Å². The number of rotatable bonds is 7. The van der Waals surface area contributed by atoms with Crippen LogP contribution in [0.15, 0.2) is 53.1 Å². The molecule has 0 bridgehead atoms. The SMILES string of the molecule is CC(C)CCCNC(c1ccccc1)c1ccco1. The standard InChI is InChI=1S/C17H23NO/c1-14(2)8-6-12-18-17(16-11-7-13-19-16)15-9-4-3-5-10-15/h3-5,7,9-11,13-14,17-18H,6,8,12H2,1-2H3. The molecule has 0 fully saturated rings. The molecule has 1 aromatic carbocycles. The lowest BCUT2D eigenvalue weighted by molar-refractivity contribution is 0.434. The second-order valence-corrected chi connectivity index (χ2v) is 5.35. The van der Waals surface area contributed by atoms with Crippen LogP contribution in [-0.2, 0) is 0 Å². The summed E-state index contributed by atoms with van der Waals surface area (Å²) < 4.78 is 5.57. The normalized spacial score (nSPS) is 12.8. The lowest BCUT2D eigenvalue weighted by Crippen LogP contribution is -2.23. The van der Waals surface area contributed by atoms with E-state index in [-0.39, 0.29) is 6.04 Å². The van der Waals surface area contributed by atoms with Crippen molar-refractivity contribution in [1.82, 2.24) is 5.32 Å². The first kappa shape index (κ1) is 13.9. The molecule has 0 aliphatic heterocycles. The van der Waals surface area contributed by atoms with Crippen molar-refractivity contribution in [3.05, 3.63) is 60.1 Å². The highest BCUT2D eigenvalue weighted by Crippen LogP contribution is 2.22. The van der Waals surface area contributed by atoms with Gasteiger partial charge in [0.2, 0.25) is 0 Å². The van der Waals surface area contributed by atoms with E-state index in [1.54, 1.807) is 6.26 Å². The van der Waals surface area contributed by atoms with Crippen LogP contribution in [0, 0.1) is 5.92 Å². The maximum Gasteiger partial charge on any atom is 0.125 e. The Bertz CT molecular complexity index is 447. The van der Waals surface area contributed by atoms with Gasteiger partial charge in [-0.05, 0) is 43.0 Å². The number of furan rings is 1. The predicted octanol–water partition coefficient (Wildman–Crippen LogP) is 4.39. The molecule has 0 aliphatic carbocycles. The van der Waals surface area contributed by atoms with Crippen molar-refractivity contribution in [2.45, 2.75) is 32.7 Å². The largest absolute Gasteiger partial charge is 0.467 e. The molecule has 1 atom stereocenters. The van der Waals surface area contributed by atoms with Crippen LogP contribution in [0.5, 0.6) is 0 Å². The lowest BCUT2D eigenvalue weighted by Gasteiger charge is -2.17. The van der Waals surface area contributed by atoms with Crippen molar-refractivity contribution in [1.29, 1.82) is 0 Å². The summed E-state index contributed by atoms with van der Waals surface area (Å²) in [5.41, 5.74) is 1.25. The summed E-state index contributed by atoms with van der Waals surface area (Å²) in [7, 11) is 0. The van der Waals surface area contributed by atoms with Crippen LogP contribution in [0.3, 0.4) is 0 Å². The third-order valence-electron chi connectivity index (χ3n) is 3.27. The van der Waals surface area contributed by atoms with Crippen LogP contribution >= 0.6 is 0 Å². The number of hydrogen-bond acceptors (Lipinski definition) is 2. The molecule has 0 saturated carbocycles. The average Bonchev–Trinajstić information content (AvgIpc) is 2.93. The third kappa shape index (κ3) is 4.25. The van der Waals surface area contributed by atoms with Crippen LogP contribution in [0.2, 0.25) is 0 Å². The first-order valence-corrected chi connectivity index (χ1v) is 7.09. The van der Waals surface area contributed by atoms with E-state index in [1.807, 2.05) is 18.2 Å². The summed E-state index contributed by atoms with van der Waals surface area (Å²) in [5, 5.41) is 3.60. The molecule has 1 heterocycles. The highest BCUT2D eigenvalue weighted by Gasteiger charge is 2.15. The van der Waals surface area contributed by atoms with Crippen LogP contribution in [0.4, 0.5) is 0 Å². The van der Waals surface area contributed by atoms with E-state index in [2.05, 4.69) is 43.4 Å². The smallest absolute Gasteiger partial charge is 0.125 e. The maximum atomic E-state index is 5.57. The van der Waals surface area contributed by atoms with Crippen LogP contribution in [0.25, 0.3) is 0 Å². The Hall–Kier alpha value is -1.54. The van der Waals surface area contributed by atoms with Gasteiger partial charge in [0.15, 0.2) is 0 Å². The van der Waals surface area contributed by atoms with Gasteiger partial charge < -0.3 is 9.73 Å². The molecule has 1 aromatic heterocycles. The summed E-state index contributed by atoms with van der Waals surface area (Å²) in [4.78, 5) is 0. The van der Waals surface area contributed by atoms with Gasteiger partial charge in [0, 0.05) is 0 Å². The molecule has 0 radical (unpaired) electrons. The molecule has 102 valence electrons. The van der Waals surface area contributed by atoms with Crippen LogP contribution in [0.1, 0.15) is 44.1 Å². The van der Waals surface area contributed by atoms with E-state index in [1.165, 1.54) is 18.4 Å². The number of nitrogens with one attached hydrogen (secondary N) is 1. The summed E-state index contributed by atoms with van der Waals surface area (Å²) in [5.74, 6) is 1.75. The molecule has 2 nitrogen and oxygen atoms in total. The van der Waals surface area contributed by atoms with E-state index in [0.29, 0.717) is 0 Å². The van der Waals surface area contributed by atoms with Crippen molar-refractivity contribution >= 4 is 0 Å². The van der Waals surface area contributed by atoms with Crippen LogP contribution in [-0.4, -0.2) is 6.54 Å². The quantitative estimate of drug-likeness (QED) is 0.744. The minimum absolute atomic E-state index is 0.156. The first-order chi connectivity index (χ1) is 9.27. The zero-order valence-corrected chi connectivity index (χ0v) is 11.8. The maximum absolute atomic E-state index is 5.57. The van der Waals surface area contributed by atoms with E-state index < -0.39 is 0 Å². The van der Waals surface area contributed by atoms with E-state index in [9.17, 15) is 0 Å². The molecule has 2 rings (SSSR count). The van der Waals surface area contributed by atoms with Crippen molar-refractivity contribution in [2.75, 3.05) is 6.54 Å². The Labute approximate surface area is 115 Å². The van der Waals surface area contributed by atoms with Gasteiger partial charge in [-0.3, -0.25) is 0 Å². The molecule has 0 spiro atoms. The van der Waals surface area contributed by atoms with Gasteiger partial charge in [-0.15, -0.1) is 0 Å². The molecule has 1 N–H and O–H groups in total. The van der Waals surface area contributed by atoms with Crippen molar-refractivity contribution < 1.29 is 4.42 Å². The molecule has 0 aliphatic rings. The molecule has 19 heavy (non-hydrogen) atoms. The Morgan fingerprint density at radius 2 is 1.84 bits per heavy atom. The zero-order valence-electron chi connectivity index (χ0n) is 11.8. The van der Waals surface area contributed by atoms with Gasteiger partial charge >= 0.3 is 0 Å². The van der Waals surface area contributed by atoms with Crippen molar-refractivity contribution in [3.63, 3.8) is 0 Å². The van der Waals surface area contributed by atoms with Gasteiger partial charge in [-0.1, -0.05) is 44.2 Å². The predicted molar refractivity (Wildman–Crippen MR) is 79.1 cm³/mol. The van der Waals surface area contributed by atoms with E-state index in [4.69, 9.17) is 4.42 Å². The fraction of sp³-hybridized carbons (Fsp3) is 0.412. The fourth-order valence-electron chi connectivity index (χ4n) is 2.24. The van der Waals surface area contributed by atoms with Gasteiger partial charge in [0.1, 0.15) is 5.76 Å². The summed E-state index contributed by atoms with van der Waals surface area (Å²) in [6, 6.07) is 14.6. The zero-order chi connectivity index (χ0) is 13.5. The summed E-state index contributed by atoms with van der Waals surface area (Å²) in [6.07, 6.45) is 4.19. The Kier molecular flexibility index (Phi) is 5.22. The Morgan fingerprint density at radius 1 is 1.05 bits per heavy atom. The molecule has 1 unspecified atom stereocenters. The topological polar surface area (TPSA) is 25.2 Å². The molecule has 0 saturated heterocycles. The number of hydrogen-bond donors (Lipinski definition) is 1. The molecular weight excluding hydrogens is 234 g/mol. The second-order valence-electron chi connectivity index (χ2n) is 5.35. The highest BCUT2D eigenvalue weighted by atomic mass is 16.3. The lowest BCUT2D eigenvalue weighted by atomic mass is 10.0. The summed E-state index contributed by atoms with van der Waals surface area (Å²) >= 11 is 0. The molecular formula is C17H23NO. The minimum atomic E-state index is 0.156. The average molecular weight is 257 g/mol.